The number of aliphatic hydroxyl groups is 1. The highest BCUT2D eigenvalue weighted by Crippen LogP contribution is 2.66. The molecule has 2 aliphatic carbocycles. The molecule has 242 valence electrons. The second kappa shape index (κ2) is 10.7. The number of amides is 2. The van der Waals surface area contributed by atoms with E-state index in [1.165, 1.54) is 33.7 Å². The molecule has 46 heavy (non-hydrogen) atoms. The highest BCUT2D eigenvalue weighted by atomic mass is 32.2. The predicted octanol–water partition coefficient (Wildman–Crippen LogP) is 3.07. The summed E-state index contributed by atoms with van der Waals surface area (Å²) in [5.74, 6) is 0.561. The monoisotopic (exact) mass is 647 g/mol. The van der Waals surface area contributed by atoms with Gasteiger partial charge >= 0.3 is 0 Å². The molecule has 1 saturated heterocycles. The van der Waals surface area contributed by atoms with Gasteiger partial charge < -0.3 is 28.8 Å². The molecule has 4 aliphatic rings. The molecule has 1 spiro atoms. The number of hydrogen-bond acceptors (Lipinski definition) is 8. The number of hydrogen-bond donors (Lipinski definition) is 1. The van der Waals surface area contributed by atoms with Gasteiger partial charge in [-0.3, -0.25) is 9.59 Å². The van der Waals surface area contributed by atoms with E-state index in [2.05, 4.69) is 0 Å². The Morgan fingerprint density at radius 3 is 2.65 bits per heavy atom. The molecule has 12 heteroatoms. The van der Waals surface area contributed by atoms with Gasteiger partial charge in [0.1, 0.15) is 6.10 Å². The van der Waals surface area contributed by atoms with E-state index in [1.807, 2.05) is 12.1 Å². The second-order valence-electron chi connectivity index (χ2n) is 12.8. The summed E-state index contributed by atoms with van der Waals surface area (Å²) >= 11 is 0. The van der Waals surface area contributed by atoms with Gasteiger partial charge in [-0.05, 0) is 67.7 Å². The highest BCUT2D eigenvalue weighted by Gasteiger charge is 2.74. The number of furan rings is 1. The molecule has 7 rings (SSSR count). The fourth-order valence-electron chi connectivity index (χ4n) is 8.32. The lowest BCUT2D eigenvalue weighted by Gasteiger charge is -2.64. The van der Waals surface area contributed by atoms with Gasteiger partial charge in [0.2, 0.25) is 15.9 Å². The van der Waals surface area contributed by atoms with Crippen molar-refractivity contribution in [1.82, 2.24) is 14.1 Å². The van der Waals surface area contributed by atoms with Crippen molar-refractivity contribution in [1.29, 1.82) is 0 Å². The first-order valence-electron chi connectivity index (χ1n) is 15.3. The van der Waals surface area contributed by atoms with Crippen molar-refractivity contribution in [2.75, 3.05) is 34.8 Å². The minimum Gasteiger partial charge on any atom is -0.493 e. The zero-order valence-electron chi connectivity index (χ0n) is 26.2. The molecule has 3 aromatic rings. The number of benzene rings is 2. The molecule has 5 atom stereocenters. The van der Waals surface area contributed by atoms with Crippen LogP contribution in [0.25, 0.3) is 6.08 Å². The Kier molecular flexibility index (Phi) is 7.11. The number of nitrogens with zero attached hydrogens (tertiary/aromatic N) is 3. The number of carbonyl (C=O) groups is 2. The lowest BCUT2D eigenvalue weighted by molar-refractivity contribution is -0.186. The van der Waals surface area contributed by atoms with E-state index in [1.54, 1.807) is 63.7 Å². The first-order valence-corrected chi connectivity index (χ1v) is 16.8. The zero-order valence-corrected chi connectivity index (χ0v) is 27.0. The third-order valence-corrected chi connectivity index (χ3v) is 12.4. The fraction of sp³-hybridized carbons (Fsp3) is 0.412. The summed E-state index contributed by atoms with van der Waals surface area (Å²) in [5.41, 5.74) is 0.304. The smallest absolute Gasteiger partial charge is 0.253 e. The molecular formula is C34H37N3O8S. The van der Waals surface area contributed by atoms with Gasteiger partial charge in [-0.1, -0.05) is 12.1 Å². The maximum Gasteiger partial charge on any atom is 0.253 e. The van der Waals surface area contributed by atoms with Crippen LogP contribution in [-0.2, 0) is 26.7 Å². The van der Waals surface area contributed by atoms with Crippen molar-refractivity contribution in [2.24, 2.45) is 0 Å². The summed E-state index contributed by atoms with van der Waals surface area (Å²) in [6.45, 7) is 0.127. The summed E-state index contributed by atoms with van der Waals surface area (Å²) in [4.78, 5) is 29.2. The van der Waals surface area contributed by atoms with E-state index >= 15 is 0 Å². The number of sulfonamides is 1. The molecule has 2 fully saturated rings. The first kappa shape index (κ1) is 30.5. The molecule has 2 bridgehead atoms. The van der Waals surface area contributed by atoms with Gasteiger partial charge in [-0.2, -0.15) is 4.31 Å². The van der Waals surface area contributed by atoms with Crippen LogP contribution in [0.5, 0.6) is 11.5 Å². The molecule has 1 saturated carbocycles. The largest absolute Gasteiger partial charge is 0.493 e. The molecule has 3 heterocycles. The van der Waals surface area contributed by atoms with Crippen LogP contribution in [0.1, 0.15) is 46.3 Å². The van der Waals surface area contributed by atoms with Gasteiger partial charge in [0.15, 0.2) is 11.5 Å². The van der Waals surface area contributed by atoms with E-state index in [0.717, 1.165) is 16.7 Å². The van der Waals surface area contributed by atoms with Crippen LogP contribution in [0.3, 0.4) is 0 Å². The van der Waals surface area contributed by atoms with Gasteiger partial charge in [0.05, 0.1) is 47.6 Å². The Morgan fingerprint density at radius 2 is 1.93 bits per heavy atom. The molecule has 1 aromatic heterocycles. The van der Waals surface area contributed by atoms with Gasteiger partial charge in [0, 0.05) is 50.5 Å². The fourth-order valence-corrected chi connectivity index (χ4v) is 10.0. The van der Waals surface area contributed by atoms with Gasteiger partial charge in [-0.15, -0.1) is 0 Å². The predicted molar refractivity (Wildman–Crippen MR) is 168 cm³/mol. The molecule has 1 N–H and O–H groups in total. The minimum atomic E-state index is -4.12. The third kappa shape index (κ3) is 4.19. The molecule has 11 nitrogen and oxygen atoms in total. The summed E-state index contributed by atoms with van der Waals surface area (Å²) in [5, 5.41) is 12.9. The van der Waals surface area contributed by atoms with E-state index in [9.17, 15) is 23.1 Å². The van der Waals surface area contributed by atoms with Gasteiger partial charge in [-0.25, -0.2) is 8.42 Å². The number of methoxy groups -OCH3 is 1. The Bertz CT molecular complexity index is 1860. The minimum absolute atomic E-state index is 0.00335. The normalized spacial score (nSPS) is 28.0. The quantitative estimate of drug-likeness (QED) is 0.388. The number of ether oxygens (including phenoxy) is 2. The van der Waals surface area contributed by atoms with Crippen molar-refractivity contribution >= 4 is 27.9 Å². The van der Waals surface area contributed by atoms with Crippen LogP contribution >= 0.6 is 0 Å². The Morgan fingerprint density at radius 1 is 1.13 bits per heavy atom. The SMILES string of the molecule is COc1ccc2c3c1O[C@H]1[C@H](N(C)C(=O)/C=C/c4ccoc4)CC[C@@]4(O)[C@@H](C2)N(S(=O)(=O)c2cccc(C(=O)N(C)C)c2)CC[C@]314. The number of rotatable bonds is 7. The zero-order chi connectivity index (χ0) is 32.6. The van der Waals surface area contributed by atoms with Crippen LogP contribution in [0.4, 0.5) is 0 Å². The van der Waals surface area contributed by atoms with E-state index < -0.39 is 39.2 Å². The first-order chi connectivity index (χ1) is 21.9. The number of piperidine rings is 1. The molecule has 2 amide bonds. The Balaban J connectivity index is 1.30. The van der Waals surface area contributed by atoms with Crippen LogP contribution in [0, 0.1) is 0 Å². The van der Waals surface area contributed by atoms with Gasteiger partial charge in [0.25, 0.3) is 5.91 Å². The topological polar surface area (TPSA) is 130 Å². The lowest BCUT2D eigenvalue weighted by Crippen LogP contribution is -2.78. The number of carbonyl (C=O) groups excluding carboxylic acids is 2. The average Bonchev–Trinajstić information content (AvgIpc) is 3.69. The Hall–Kier alpha value is -4.13. The van der Waals surface area contributed by atoms with Crippen LogP contribution in [0.2, 0.25) is 0 Å². The van der Waals surface area contributed by atoms with Crippen molar-refractivity contribution in [2.45, 2.75) is 59.8 Å². The maximum atomic E-state index is 14.4. The molecular weight excluding hydrogens is 610 g/mol. The second-order valence-corrected chi connectivity index (χ2v) is 14.7. The molecule has 2 aromatic carbocycles. The summed E-state index contributed by atoms with van der Waals surface area (Å²) in [6.07, 6.45) is 6.84. The lowest BCUT2D eigenvalue weighted by atomic mass is 9.48. The standard InChI is InChI=1S/C34H37N3O8S/c1-35(2)32(39)23-6-5-7-24(18-23)46(41,42)37-16-15-33-29-22-9-10-26(43-4)30(29)45-31(33)25(12-14-34(33,40)27(37)19-22)36(3)28(38)11-8-21-13-17-44-20-21/h5-11,13,17-18,20,25,27,31,40H,12,14-16,19H2,1-4H3/b11-8+/t25-,27-,31+,33+,34-/m1/s1. The van der Waals surface area contributed by atoms with Crippen molar-refractivity contribution in [3.8, 4) is 11.5 Å². The van der Waals surface area contributed by atoms with Crippen LogP contribution in [-0.4, -0.2) is 98.0 Å². The summed E-state index contributed by atoms with van der Waals surface area (Å²) < 4.78 is 47.7. The Labute approximate surface area is 268 Å². The molecule has 0 radical (unpaired) electrons. The van der Waals surface area contributed by atoms with Crippen LogP contribution in [0.15, 0.2) is 70.4 Å². The van der Waals surface area contributed by atoms with Crippen molar-refractivity contribution in [3.63, 3.8) is 0 Å². The van der Waals surface area contributed by atoms with Crippen molar-refractivity contribution in [3.05, 3.63) is 83.3 Å². The molecule has 0 unspecified atom stereocenters. The van der Waals surface area contributed by atoms with E-state index in [-0.39, 0.29) is 48.1 Å². The van der Waals surface area contributed by atoms with E-state index in [4.69, 9.17) is 13.9 Å². The maximum absolute atomic E-state index is 14.4. The number of likely N-dealkylation sites (N-methyl/N-ethyl adjacent to an activating group) is 1. The third-order valence-electron chi connectivity index (χ3n) is 10.5. The van der Waals surface area contributed by atoms with Crippen LogP contribution < -0.4 is 9.47 Å². The summed E-state index contributed by atoms with van der Waals surface area (Å²) in [7, 11) is 2.41. The van der Waals surface area contributed by atoms with E-state index in [0.29, 0.717) is 17.9 Å². The highest BCUT2D eigenvalue weighted by molar-refractivity contribution is 7.89. The summed E-state index contributed by atoms with van der Waals surface area (Å²) in [6, 6.07) is 10.4. The molecule has 2 aliphatic heterocycles. The average molecular weight is 648 g/mol. The van der Waals surface area contributed by atoms with Crippen molar-refractivity contribution < 1.29 is 37.0 Å².